The number of carbonyl (C=O) groups excluding carboxylic acids is 1. The molecule has 0 fully saturated rings. The van der Waals surface area contributed by atoms with Crippen molar-refractivity contribution < 1.29 is 15.0 Å². The van der Waals surface area contributed by atoms with E-state index >= 15 is 0 Å². The molecule has 2 aromatic carbocycles. The number of halogens is 1. The summed E-state index contributed by atoms with van der Waals surface area (Å²) in [5, 5.41) is 30.4. The summed E-state index contributed by atoms with van der Waals surface area (Å²) < 4.78 is 0. The number of fused-ring (bicyclic) bond motifs is 1. The third-order valence-electron chi connectivity index (χ3n) is 4.96. The van der Waals surface area contributed by atoms with Gasteiger partial charge in [0.2, 0.25) is 0 Å². The predicted molar refractivity (Wildman–Crippen MR) is 107 cm³/mol. The fourth-order valence-electron chi connectivity index (χ4n) is 3.39. The Balaban J connectivity index is 1.64. The largest absolute Gasteiger partial charge is 0.507 e. The first-order chi connectivity index (χ1) is 13.5. The van der Waals surface area contributed by atoms with Crippen molar-refractivity contribution in [2.75, 3.05) is 18.9 Å². The van der Waals surface area contributed by atoms with Crippen LogP contribution in [-0.4, -0.2) is 44.8 Å². The minimum atomic E-state index is -0.200. The number of hydrogen-bond acceptors (Lipinski definition) is 5. The molecule has 8 heteroatoms. The lowest BCUT2D eigenvalue weighted by molar-refractivity contribution is 0.0734. The van der Waals surface area contributed by atoms with Gasteiger partial charge in [-0.3, -0.25) is 9.89 Å². The highest BCUT2D eigenvalue weighted by molar-refractivity contribution is 6.32. The molecule has 0 bridgehead atoms. The molecule has 3 aromatic rings. The Morgan fingerprint density at radius 1 is 1.21 bits per heavy atom. The highest BCUT2D eigenvalue weighted by Crippen LogP contribution is 2.39. The second-order valence-corrected chi connectivity index (χ2v) is 7.06. The summed E-state index contributed by atoms with van der Waals surface area (Å²) >= 11 is 6.00. The Morgan fingerprint density at radius 3 is 2.68 bits per heavy atom. The lowest BCUT2D eigenvalue weighted by atomic mass is 9.99. The molecule has 0 radical (unpaired) electrons. The van der Waals surface area contributed by atoms with Crippen LogP contribution < -0.4 is 5.32 Å². The van der Waals surface area contributed by atoms with E-state index < -0.39 is 0 Å². The topological polar surface area (TPSA) is 101 Å². The Morgan fingerprint density at radius 2 is 1.96 bits per heavy atom. The van der Waals surface area contributed by atoms with Crippen LogP contribution in [0.15, 0.2) is 36.4 Å². The van der Waals surface area contributed by atoms with E-state index in [9.17, 15) is 15.0 Å². The minimum absolute atomic E-state index is 0.0617. The van der Waals surface area contributed by atoms with E-state index in [1.165, 1.54) is 12.1 Å². The van der Waals surface area contributed by atoms with Gasteiger partial charge < -0.3 is 20.4 Å². The van der Waals surface area contributed by atoms with Gasteiger partial charge in [-0.2, -0.15) is 5.10 Å². The molecule has 1 aromatic heterocycles. The zero-order valence-electron chi connectivity index (χ0n) is 15.2. The summed E-state index contributed by atoms with van der Waals surface area (Å²) in [6.45, 7) is 0.940. The van der Waals surface area contributed by atoms with Crippen LogP contribution in [0.2, 0.25) is 5.02 Å². The lowest BCUT2D eigenvalue weighted by Gasteiger charge is -2.27. The van der Waals surface area contributed by atoms with Gasteiger partial charge in [0.25, 0.3) is 5.91 Å². The van der Waals surface area contributed by atoms with Crippen LogP contribution in [0.3, 0.4) is 0 Å². The molecule has 28 heavy (non-hydrogen) atoms. The van der Waals surface area contributed by atoms with Crippen molar-refractivity contribution in [2.45, 2.75) is 13.0 Å². The number of aromatic hydroxyl groups is 2. The average Bonchev–Trinajstić information content (AvgIpc) is 3.13. The van der Waals surface area contributed by atoms with Crippen molar-refractivity contribution in [2.24, 2.45) is 0 Å². The van der Waals surface area contributed by atoms with Crippen LogP contribution in [0.5, 0.6) is 11.5 Å². The third-order valence-corrected chi connectivity index (χ3v) is 5.26. The zero-order chi connectivity index (χ0) is 19.8. The molecular weight excluding hydrogens is 380 g/mol. The van der Waals surface area contributed by atoms with E-state index in [1.54, 1.807) is 17.0 Å². The van der Waals surface area contributed by atoms with Crippen molar-refractivity contribution in [3.63, 3.8) is 0 Å². The molecule has 7 nitrogen and oxygen atoms in total. The van der Waals surface area contributed by atoms with Crippen LogP contribution >= 0.6 is 11.6 Å². The number of carbonyl (C=O) groups is 1. The van der Waals surface area contributed by atoms with Crippen LogP contribution in [0.4, 0.5) is 5.69 Å². The molecule has 0 atom stereocenters. The van der Waals surface area contributed by atoms with Crippen LogP contribution in [0, 0.1) is 0 Å². The number of phenols is 2. The SMILES string of the molecule is CNc1ccc(C(=O)N2CCc3[nH]nc(-c4cc(Cl)c(O)cc4O)c3C2)cc1. The first kappa shape index (κ1) is 18.2. The molecule has 1 aliphatic heterocycles. The van der Waals surface area contributed by atoms with Gasteiger partial charge in [-0.05, 0) is 30.3 Å². The Hall–Kier alpha value is -3.19. The molecule has 0 saturated carbocycles. The number of amides is 1. The number of nitrogens with one attached hydrogen (secondary N) is 2. The summed E-state index contributed by atoms with van der Waals surface area (Å²) in [6.07, 6.45) is 0.634. The van der Waals surface area contributed by atoms with Gasteiger partial charge in [0.15, 0.2) is 0 Å². The van der Waals surface area contributed by atoms with Crippen LogP contribution in [-0.2, 0) is 13.0 Å². The lowest BCUT2D eigenvalue weighted by Crippen LogP contribution is -2.35. The molecule has 0 unspecified atom stereocenters. The molecule has 1 amide bonds. The van der Waals surface area contributed by atoms with Crippen molar-refractivity contribution in [3.05, 3.63) is 58.2 Å². The van der Waals surface area contributed by atoms with Crippen molar-refractivity contribution in [1.82, 2.24) is 15.1 Å². The van der Waals surface area contributed by atoms with Crippen molar-refractivity contribution >= 4 is 23.2 Å². The third kappa shape index (κ3) is 3.14. The smallest absolute Gasteiger partial charge is 0.254 e. The average molecular weight is 399 g/mol. The van der Waals surface area contributed by atoms with E-state index in [-0.39, 0.29) is 22.4 Å². The van der Waals surface area contributed by atoms with Gasteiger partial charge >= 0.3 is 0 Å². The quantitative estimate of drug-likeness (QED) is 0.541. The molecule has 144 valence electrons. The molecule has 0 aliphatic carbocycles. The number of H-pyrrole nitrogens is 1. The Bertz CT molecular complexity index is 1050. The monoisotopic (exact) mass is 398 g/mol. The molecule has 0 spiro atoms. The van der Waals surface area contributed by atoms with E-state index in [0.29, 0.717) is 36.3 Å². The van der Waals surface area contributed by atoms with Gasteiger partial charge in [-0.1, -0.05) is 11.6 Å². The first-order valence-electron chi connectivity index (χ1n) is 8.83. The van der Waals surface area contributed by atoms with Crippen LogP contribution in [0.25, 0.3) is 11.3 Å². The summed E-state index contributed by atoms with van der Waals surface area (Å²) in [5.41, 5.74) is 4.25. The number of nitrogens with zero attached hydrogens (tertiary/aromatic N) is 2. The minimum Gasteiger partial charge on any atom is -0.507 e. The molecular formula is C20H19ClN4O3. The van der Waals surface area contributed by atoms with E-state index in [1.807, 2.05) is 19.2 Å². The van der Waals surface area contributed by atoms with Crippen LogP contribution in [0.1, 0.15) is 21.6 Å². The fourth-order valence-corrected chi connectivity index (χ4v) is 3.56. The number of anilines is 1. The Kier molecular flexibility index (Phi) is 4.60. The van der Waals surface area contributed by atoms with E-state index in [0.717, 1.165) is 16.9 Å². The maximum Gasteiger partial charge on any atom is 0.254 e. The number of hydrogen-bond donors (Lipinski definition) is 4. The number of aromatic amines is 1. The summed E-state index contributed by atoms with van der Waals surface area (Å²) in [4.78, 5) is 14.7. The number of benzene rings is 2. The highest BCUT2D eigenvalue weighted by Gasteiger charge is 2.27. The standard InChI is InChI=1S/C20H19ClN4O3/c1-22-12-4-2-11(3-5-12)20(28)25-7-6-16-14(10-25)19(24-23-16)13-8-15(21)18(27)9-17(13)26/h2-5,8-9,22,26-27H,6-7,10H2,1H3,(H,23,24). The van der Waals surface area contributed by atoms with Gasteiger partial charge in [-0.25, -0.2) is 0 Å². The van der Waals surface area contributed by atoms with E-state index in [2.05, 4.69) is 15.5 Å². The number of phenolic OH excluding ortho intramolecular Hbond substituents is 2. The van der Waals surface area contributed by atoms with E-state index in [4.69, 9.17) is 11.6 Å². The molecule has 0 saturated heterocycles. The van der Waals surface area contributed by atoms with Crippen molar-refractivity contribution in [3.8, 4) is 22.8 Å². The predicted octanol–water partition coefficient (Wildman–Crippen LogP) is 3.38. The summed E-state index contributed by atoms with van der Waals surface area (Å²) in [6, 6.07) is 9.98. The van der Waals surface area contributed by atoms with Crippen molar-refractivity contribution in [1.29, 1.82) is 0 Å². The molecule has 2 heterocycles. The van der Waals surface area contributed by atoms with Gasteiger partial charge in [0, 0.05) is 60.7 Å². The maximum atomic E-state index is 12.9. The highest BCUT2D eigenvalue weighted by atomic mass is 35.5. The second-order valence-electron chi connectivity index (χ2n) is 6.65. The first-order valence-corrected chi connectivity index (χ1v) is 9.20. The molecule has 4 N–H and O–H groups in total. The number of rotatable bonds is 3. The maximum absolute atomic E-state index is 12.9. The fraction of sp³-hybridized carbons (Fsp3) is 0.200. The van der Waals surface area contributed by atoms with Gasteiger partial charge in [-0.15, -0.1) is 0 Å². The second kappa shape index (κ2) is 7.09. The zero-order valence-corrected chi connectivity index (χ0v) is 15.9. The molecule has 1 aliphatic rings. The summed E-state index contributed by atoms with van der Waals surface area (Å²) in [7, 11) is 1.83. The van der Waals surface area contributed by atoms with Gasteiger partial charge in [0.1, 0.15) is 17.2 Å². The normalized spacial score (nSPS) is 13.3. The summed E-state index contributed by atoms with van der Waals surface area (Å²) in [5.74, 6) is -0.384. The molecule has 4 rings (SSSR count). The van der Waals surface area contributed by atoms with Gasteiger partial charge in [0.05, 0.1) is 5.02 Å². The Labute approximate surface area is 166 Å². The number of aromatic nitrogens is 2.